The summed E-state index contributed by atoms with van der Waals surface area (Å²) in [5.41, 5.74) is 12.1. The van der Waals surface area contributed by atoms with Gasteiger partial charge in [0.2, 0.25) is 11.8 Å². The summed E-state index contributed by atoms with van der Waals surface area (Å²) in [6.45, 7) is 7.12. The fourth-order valence-electron chi connectivity index (χ4n) is 2.86. The zero-order valence-corrected chi connectivity index (χ0v) is 16.7. The van der Waals surface area contributed by atoms with E-state index in [0.29, 0.717) is 11.9 Å². The van der Waals surface area contributed by atoms with Crippen molar-refractivity contribution in [2.45, 2.75) is 58.2 Å². The Bertz CT molecular complexity index is 882. The summed E-state index contributed by atoms with van der Waals surface area (Å²) in [5, 5.41) is 3.36. The van der Waals surface area contributed by atoms with Gasteiger partial charge in [-0.1, -0.05) is 25.1 Å². The largest absolute Gasteiger partial charge is 0.443 e. The van der Waals surface area contributed by atoms with Crippen LogP contribution in [-0.4, -0.2) is 40.2 Å². The number of ether oxygens (including phenoxy) is 1. The van der Waals surface area contributed by atoms with Crippen molar-refractivity contribution in [2.24, 2.45) is 11.5 Å². The average molecular weight is 388 g/mol. The van der Waals surface area contributed by atoms with Gasteiger partial charge in [0.05, 0.1) is 11.6 Å². The maximum absolute atomic E-state index is 12.5. The molecule has 0 bridgehead atoms. The van der Waals surface area contributed by atoms with E-state index in [1.165, 1.54) is 4.57 Å². The molecule has 2 rings (SSSR count). The van der Waals surface area contributed by atoms with Crippen LogP contribution in [0.5, 0.6) is 0 Å². The fraction of sp³-hybridized carbons (Fsp3) is 0.450. The van der Waals surface area contributed by atoms with Gasteiger partial charge >= 0.3 is 6.09 Å². The molecule has 1 aromatic heterocycles. The third kappa shape index (κ3) is 5.10. The van der Waals surface area contributed by atoms with Crippen LogP contribution in [0.15, 0.2) is 30.5 Å². The van der Waals surface area contributed by atoms with Crippen LogP contribution in [0.1, 0.15) is 39.7 Å². The summed E-state index contributed by atoms with van der Waals surface area (Å²) in [5.74, 6) is -1.08. The van der Waals surface area contributed by atoms with Crippen LogP contribution in [0.2, 0.25) is 0 Å². The number of rotatable bonds is 6. The molecule has 1 heterocycles. The standard InChI is InChI=1S/C20H28N4O4/c1-5-15(17(22)25)23-18(26)14(21)10-12-11-24(19(27)28-20(2,3)4)16-9-7-6-8-13(12)16/h6-9,11,14-15H,5,10,21H2,1-4H3,(H2,22,25)(H,23,26). The molecular formula is C20H28N4O4. The summed E-state index contributed by atoms with van der Waals surface area (Å²) in [7, 11) is 0. The molecule has 2 aromatic rings. The quantitative estimate of drug-likeness (QED) is 0.693. The molecule has 8 nitrogen and oxygen atoms in total. The van der Waals surface area contributed by atoms with E-state index in [1.807, 2.05) is 18.2 Å². The number of fused-ring (bicyclic) bond motifs is 1. The lowest BCUT2D eigenvalue weighted by Crippen LogP contribution is -2.50. The molecule has 2 unspecified atom stereocenters. The zero-order chi connectivity index (χ0) is 21.1. The number of nitrogens with zero attached hydrogens (tertiary/aromatic N) is 1. The third-order valence-electron chi connectivity index (χ3n) is 4.23. The number of para-hydroxylation sites is 1. The first-order valence-electron chi connectivity index (χ1n) is 9.21. The summed E-state index contributed by atoms with van der Waals surface area (Å²) >= 11 is 0. The lowest BCUT2D eigenvalue weighted by atomic mass is 10.0. The van der Waals surface area contributed by atoms with Gasteiger partial charge in [0.1, 0.15) is 11.6 Å². The minimum absolute atomic E-state index is 0.192. The number of amides is 2. The molecule has 0 radical (unpaired) electrons. The first-order valence-corrected chi connectivity index (χ1v) is 9.21. The van der Waals surface area contributed by atoms with Gasteiger partial charge in [0.15, 0.2) is 0 Å². The predicted molar refractivity (Wildman–Crippen MR) is 107 cm³/mol. The summed E-state index contributed by atoms with van der Waals surface area (Å²) in [6.07, 6.45) is 1.70. The van der Waals surface area contributed by atoms with E-state index in [4.69, 9.17) is 16.2 Å². The van der Waals surface area contributed by atoms with Crippen LogP contribution in [0.25, 0.3) is 10.9 Å². The number of carbonyl (C=O) groups excluding carboxylic acids is 3. The topological polar surface area (TPSA) is 129 Å². The van der Waals surface area contributed by atoms with Gasteiger partial charge in [-0.25, -0.2) is 4.79 Å². The summed E-state index contributed by atoms with van der Waals surface area (Å²) in [4.78, 5) is 36.2. The van der Waals surface area contributed by atoms with Gasteiger partial charge in [-0.3, -0.25) is 14.2 Å². The van der Waals surface area contributed by atoms with Crippen molar-refractivity contribution >= 4 is 28.8 Å². The second-order valence-corrected chi connectivity index (χ2v) is 7.70. The highest BCUT2D eigenvalue weighted by atomic mass is 16.6. The molecule has 0 saturated carbocycles. The van der Waals surface area contributed by atoms with Crippen LogP contribution in [0.3, 0.4) is 0 Å². The van der Waals surface area contributed by atoms with Gasteiger partial charge in [-0.2, -0.15) is 0 Å². The van der Waals surface area contributed by atoms with Crippen molar-refractivity contribution in [3.63, 3.8) is 0 Å². The van der Waals surface area contributed by atoms with Crippen molar-refractivity contribution in [3.05, 3.63) is 36.0 Å². The maximum Gasteiger partial charge on any atom is 0.419 e. The molecule has 8 heteroatoms. The Kier molecular flexibility index (Phi) is 6.45. The van der Waals surface area contributed by atoms with Gasteiger partial charge in [0.25, 0.3) is 0 Å². The van der Waals surface area contributed by atoms with Gasteiger partial charge in [-0.15, -0.1) is 0 Å². The first-order chi connectivity index (χ1) is 13.0. The van der Waals surface area contributed by atoms with E-state index in [2.05, 4.69) is 5.32 Å². The number of hydrogen-bond acceptors (Lipinski definition) is 5. The Labute approximate surface area is 164 Å². The van der Waals surface area contributed by atoms with Crippen LogP contribution < -0.4 is 16.8 Å². The first kappa shape index (κ1) is 21.4. The third-order valence-corrected chi connectivity index (χ3v) is 4.23. The van der Waals surface area contributed by atoms with E-state index in [1.54, 1.807) is 40.0 Å². The van der Waals surface area contributed by atoms with Crippen molar-refractivity contribution in [2.75, 3.05) is 0 Å². The second kappa shape index (κ2) is 8.43. The summed E-state index contributed by atoms with van der Waals surface area (Å²) < 4.78 is 6.87. The Hall–Kier alpha value is -2.87. The molecule has 5 N–H and O–H groups in total. The lowest BCUT2D eigenvalue weighted by Gasteiger charge is -2.19. The van der Waals surface area contributed by atoms with Gasteiger partial charge < -0.3 is 21.5 Å². The number of benzene rings is 1. The summed E-state index contributed by atoms with van der Waals surface area (Å²) in [6, 6.07) is 5.66. The van der Waals surface area contributed by atoms with Crippen LogP contribution in [0.4, 0.5) is 4.79 Å². The molecule has 28 heavy (non-hydrogen) atoms. The molecule has 0 aliphatic rings. The molecule has 0 aliphatic carbocycles. The normalized spacial score (nSPS) is 13.8. The van der Waals surface area contributed by atoms with Crippen molar-refractivity contribution < 1.29 is 19.1 Å². The van der Waals surface area contributed by atoms with E-state index < -0.39 is 35.6 Å². The molecule has 0 saturated heterocycles. The fourth-order valence-corrected chi connectivity index (χ4v) is 2.86. The molecule has 2 amide bonds. The second-order valence-electron chi connectivity index (χ2n) is 7.70. The lowest BCUT2D eigenvalue weighted by molar-refractivity contribution is -0.128. The molecule has 152 valence electrons. The average Bonchev–Trinajstić information content (AvgIpc) is 2.96. The highest BCUT2D eigenvalue weighted by Crippen LogP contribution is 2.23. The van der Waals surface area contributed by atoms with Crippen LogP contribution >= 0.6 is 0 Å². The van der Waals surface area contributed by atoms with E-state index in [-0.39, 0.29) is 6.42 Å². The minimum Gasteiger partial charge on any atom is -0.443 e. The number of aromatic nitrogens is 1. The Morgan fingerprint density at radius 2 is 1.86 bits per heavy atom. The van der Waals surface area contributed by atoms with E-state index in [0.717, 1.165) is 10.9 Å². The van der Waals surface area contributed by atoms with Gasteiger partial charge in [-0.05, 0) is 45.2 Å². The SMILES string of the molecule is CCC(NC(=O)C(N)Cc1cn(C(=O)OC(C)(C)C)c2ccccc12)C(N)=O. The molecular weight excluding hydrogens is 360 g/mol. The predicted octanol–water partition coefficient (Wildman–Crippen LogP) is 1.67. The monoisotopic (exact) mass is 388 g/mol. The zero-order valence-electron chi connectivity index (χ0n) is 16.7. The van der Waals surface area contributed by atoms with E-state index in [9.17, 15) is 14.4 Å². The minimum atomic E-state index is -0.897. The number of nitrogens with one attached hydrogen (secondary N) is 1. The molecule has 1 aromatic carbocycles. The maximum atomic E-state index is 12.5. The Morgan fingerprint density at radius 3 is 2.43 bits per heavy atom. The number of carbonyl (C=O) groups is 3. The van der Waals surface area contributed by atoms with Crippen LogP contribution in [-0.2, 0) is 20.7 Å². The van der Waals surface area contributed by atoms with Crippen molar-refractivity contribution in [1.82, 2.24) is 9.88 Å². The van der Waals surface area contributed by atoms with Crippen molar-refractivity contribution in [3.8, 4) is 0 Å². The number of nitrogens with two attached hydrogens (primary N) is 2. The molecule has 0 aliphatic heterocycles. The highest BCUT2D eigenvalue weighted by Gasteiger charge is 2.24. The number of hydrogen-bond donors (Lipinski definition) is 3. The van der Waals surface area contributed by atoms with Crippen LogP contribution in [0, 0.1) is 0 Å². The smallest absolute Gasteiger partial charge is 0.419 e. The number of primary amides is 1. The van der Waals surface area contributed by atoms with Crippen molar-refractivity contribution in [1.29, 1.82) is 0 Å². The highest BCUT2D eigenvalue weighted by molar-refractivity contribution is 5.93. The Morgan fingerprint density at radius 1 is 1.21 bits per heavy atom. The molecule has 0 fully saturated rings. The Balaban J connectivity index is 2.26. The molecule has 0 spiro atoms. The van der Waals surface area contributed by atoms with Gasteiger partial charge in [0, 0.05) is 11.6 Å². The molecule has 2 atom stereocenters. The van der Waals surface area contributed by atoms with E-state index >= 15 is 0 Å².